The molecule has 7 atom stereocenters. The number of methoxy groups -OCH3 is 2. The average Bonchev–Trinajstić information content (AvgIpc) is 2.79. The maximum atomic E-state index is 11.5. The van der Waals surface area contributed by atoms with Gasteiger partial charge in [0, 0.05) is 32.0 Å². The van der Waals surface area contributed by atoms with Crippen LogP contribution in [0.3, 0.4) is 0 Å². The van der Waals surface area contributed by atoms with Crippen molar-refractivity contribution in [1.29, 1.82) is 0 Å². The number of esters is 1. The van der Waals surface area contributed by atoms with Gasteiger partial charge >= 0.3 is 5.97 Å². The summed E-state index contributed by atoms with van der Waals surface area (Å²) in [6.07, 6.45) is -1.31. The molecule has 0 spiro atoms. The van der Waals surface area contributed by atoms with Crippen molar-refractivity contribution < 1.29 is 33.2 Å². The molecule has 1 saturated heterocycles. The smallest absolute Gasteiger partial charge is 0.302 e. The van der Waals surface area contributed by atoms with Crippen molar-refractivity contribution in [2.24, 2.45) is 11.0 Å². The van der Waals surface area contributed by atoms with Gasteiger partial charge in [0.25, 0.3) is 0 Å². The van der Waals surface area contributed by atoms with Gasteiger partial charge in [-0.1, -0.05) is 35.4 Å². The van der Waals surface area contributed by atoms with Gasteiger partial charge in [0.1, 0.15) is 0 Å². The molecule has 1 saturated carbocycles. The molecule has 1 aromatic rings. The van der Waals surface area contributed by atoms with Gasteiger partial charge in [0.2, 0.25) is 11.6 Å². The number of carbonyl (C=O) groups is 1. The molecular weight excluding hydrogens is 418 g/mol. The monoisotopic (exact) mass is 449 g/mol. The number of hydrogen-bond acceptors (Lipinski definition) is 8. The molecule has 1 heterocycles. The van der Waals surface area contributed by atoms with Crippen LogP contribution >= 0.6 is 0 Å². The summed E-state index contributed by atoms with van der Waals surface area (Å²) >= 11 is 0. The predicted octanol–water partition coefficient (Wildman–Crippen LogP) is 3.34. The normalized spacial score (nSPS) is 36.6. The number of fused-ring (bicyclic) bond motifs is 1. The second kappa shape index (κ2) is 10.2. The second-order valence-electron chi connectivity index (χ2n) is 8.29. The van der Waals surface area contributed by atoms with E-state index in [1.807, 2.05) is 30.3 Å². The molecule has 32 heavy (non-hydrogen) atoms. The van der Waals surface area contributed by atoms with Crippen molar-refractivity contribution in [1.82, 2.24) is 0 Å². The Labute approximate surface area is 187 Å². The molecule has 0 aromatic heterocycles. The van der Waals surface area contributed by atoms with Gasteiger partial charge in [-0.25, -0.2) is 0 Å². The first-order valence-corrected chi connectivity index (χ1v) is 10.6. The minimum absolute atomic E-state index is 0.109. The van der Waals surface area contributed by atoms with Gasteiger partial charge in [-0.2, -0.15) is 0 Å². The Hall–Kier alpha value is -2.20. The average molecular weight is 450 g/mol. The molecule has 10 heteroatoms. The molecule has 0 amide bonds. The lowest BCUT2D eigenvalue weighted by Gasteiger charge is -2.57. The van der Waals surface area contributed by atoms with Crippen LogP contribution < -0.4 is 0 Å². The Balaban J connectivity index is 1.92. The van der Waals surface area contributed by atoms with E-state index in [0.717, 1.165) is 5.56 Å². The fourth-order valence-corrected chi connectivity index (χ4v) is 4.28. The minimum Gasteiger partial charge on any atom is -0.465 e. The molecule has 10 nitrogen and oxygen atoms in total. The van der Waals surface area contributed by atoms with E-state index in [2.05, 4.69) is 10.0 Å². The molecule has 0 unspecified atom stereocenters. The van der Waals surface area contributed by atoms with Crippen molar-refractivity contribution in [2.45, 2.75) is 69.7 Å². The third kappa shape index (κ3) is 4.91. The first-order valence-electron chi connectivity index (χ1n) is 10.6. The van der Waals surface area contributed by atoms with E-state index in [-0.39, 0.29) is 12.5 Å². The molecule has 1 aromatic carbocycles. The van der Waals surface area contributed by atoms with Crippen LogP contribution in [-0.2, 0) is 39.8 Å². The maximum absolute atomic E-state index is 11.5. The highest BCUT2D eigenvalue weighted by Gasteiger charge is 2.61. The predicted molar refractivity (Wildman–Crippen MR) is 113 cm³/mol. The quantitative estimate of drug-likeness (QED) is 0.258. The van der Waals surface area contributed by atoms with E-state index in [0.29, 0.717) is 13.0 Å². The number of nitrogens with zero attached hydrogens (tertiary/aromatic N) is 3. The standard InChI is InChI=1S/C22H31N3O7/c1-14(26)29-13-16-11-17(30-12-15-9-7-6-8-10-15)18(24-25-23)20-19(16)31-21(2,27-4)22(3,28-5)32-20/h6-10,16-20H,11-13H2,1-5H3/t16-,17-,18-,19+,20+,21-,22-/m0/s1. The Kier molecular flexibility index (Phi) is 7.76. The Morgan fingerprint density at radius 2 is 1.78 bits per heavy atom. The van der Waals surface area contributed by atoms with Crippen molar-refractivity contribution in [2.75, 3.05) is 20.8 Å². The molecule has 0 radical (unpaired) electrons. The highest BCUT2D eigenvalue weighted by molar-refractivity contribution is 5.65. The van der Waals surface area contributed by atoms with Crippen LogP contribution in [0.1, 0.15) is 32.8 Å². The van der Waals surface area contributed by atoms with Crippen LogP contribution in [-0.4, -0.2) is 62.7 Å². The van der Waals surface area contributed by atoms with Crippen molar-refractivity contribution in [3.63, 3.8) is 0 Å². The zero-order valence-electron chi connectivity index (χ0n) is 19.1. The molecule has 0 bridgehead atoms. The van der Waals surface area contributed by atoms with E-state index in [9.17, 15) is 10.3 Å². The molecular formula is C22H31N3O7. The molecule has 1 aliphatic carbocycles. The second-order valence-corrected chi connectivity index (χ2v) is 8.29. The molecule has 2 fully saturated rings. The Bertz CT molecular complexity index is 834. The number of hydrogen-bond donors (Lipinski definition) is 0. The Morgan fingerprint density at radius 1 is 1.16 bits per heavy atom. The lowest BCUT2D eigenvalue weighted by Crippen LogP contribution is -2.71. The highest BCUT2D eigenvalue weighted by atomic mass is 16.8. The number of ether oxygens (including phenoxy) is 6. The van der Waals surface area contributed by atoms with Crippen LogP contribution in [0.5, 0.6) is 0 Å². The number of carbonyl (C=O) groups excluding carboxylic acids is 1. The summed E-state index contributed by atoms with van der Waals surface area (Å²) in [5.41, 5.74) is 10.3. The summed E-state index contributed by atoms with van der Waals surface area (Å²) in [4.78, 5) is 14.5. The summed E-state index contributed by atoms with van der Waals surface area (Å²) < 4.78 is 35.5. The van der Waals surface area contributed by atoms with Crippen molar-refractivity contribution in [3.8, 4) is 0 Å². The van der Waals surface area contributed by atoms with E-state index in [4.69, 9.17) is 28.4 Å². The van der Waals surface area contributed by atoms with Gasteiger partial charge in [-0.05, 0) is 31.4 Å². The summed E-state index contributed by atoms with van der Waals surface area (Å²) in [6, 6.07) is 9.01. The fraction of sp³-hybridized carbons (Fsp3) is 0.682. The van der Waals surface area contributed by atoms with Crippen molar-refractivity contribution in [3.05, 3.63) is 46.3 Å². The molecule has 2 aliphatic rings. The van der Waals surface area contributed by atoms with E-state index >= 15 is 0 Å². The summed E-state index contributed by atoms with van der Waals surface area (Å²) in [5, 5.41) is 4.01. The lowest BCUT2D eigenvalue weighted by molar-refractivity contribution is -0.459. The molecule has 3 rings (SSSR count). The van der Waals surface area contributed by atoms with Gasteiger partial charge in [-0.15, -0.1) is 0 Å². The third-order valence-electron chi connectivity index (χ3n) is 6.36. The maximum Gasteiger partial charge on any atom is 0.302 e. The van der Waals surface area contributed by atoms with Crippen LogP contribution in [0.4, 0.5) is 0 Å². The topological polar surface area (TPSA) is 121 Å². The van der Waals surface area contributed by atoms with Crippen molar-refractivity contribution >= 4 is 5.97 Å². The number of azide groups is 1. The van der Waals surface area contributed by atoms with Crippen LogP contribution in [0.25, 0.3) is 10.4 Å². The van der Waals surface area contributed by atoms with Crippen LogP contribution in [0.15, 0.2) is 35.4 Å². The molecule has 1 aliphatic heterocycles. The molecule has 176 valence electrons. The van der Waals surface area contributed by atoms with Gasteiger partial charge < -0.3 is 28.4 Å². The SMILES string of the molecule is CO[C@@]1(C)O[C@@H]2[C@H](COC(C)=O)C[C@H](OCc3ccccc3)[C@H](N=[N+]=[N-])[C@H]2O[C@]1(C)OC. The summed E-state index contributed by atoms with van der Waals surface area (Å²) in [7, 11) is 2.99. The zero-order valence-corrected chi connectivity index (χ0v) is 19.1. The Morgan fingerprint density at radius 3 is 2.34 bits per heavy atom. The largest absolute Gasteiger partial charge is 0.465 e. The van der Waals surface area contributed by atoms with Gasteiger partial charge in [0.15, 0.2) is 0 Å². The first-order chi connectivity index (χ1) is 15.3. The number of rotatable bonds is 8. The zero-order chi connectivity index (χ0) is 23.4. The van der Waals surface area contributed by atoms with E-state index < -0.39 is 41.9 Å². The highest BCUT2D eigenvalue weighted by Crippen LogP contribution is 2.46. The van der Waals surface area contributed by atoms with E-state index in [1.165, 1.54) is 21.1 Å². The summed E-state index contributed by atoms with van der Waals surface area (Å²) in [6.45, 7) is 5.22. The molecule has 0 N–H and O–H groups in total. The van der Waals surface area contributed by atoms with Gasteiger partial charge in [0.05, 0.1) is 37.6 Å². The minimum atomic E-state index is -1.28. The van der Waals surface area contributed by atoms with Crippen LogP contribution in [0, 0.1) is 5.92 Å². The third-order valence-corrected chi connectivity index (χ3v) is 6.36. The van der Waals surface area contributed by atoms with E-state index in [1.54, 1.807) is 13.8 Å². The summed E-state index contributed by atoms with van der Waals surface area (Å²) in [5.74, 6) is -3.19. The number of benzene rings is 1. The lowest BCUT2D eigenvalue weighted by atomic mass is 9.78. The first kappa shape index (κ1) is 24.4. The fourth-order valence-electron chi connectivity index (χ4n) is 4.28. The van der Waals surface area contributed by atoms with Crippen LogP contribution in [0.2, 0.25) is 0 Å². The van der Waals surface area contributed by atoms with Gasteiger partial charge in [-0.3, -0.25) is 4.79 Å².